The van der Waals surface area contributed by atoms with E-state index in [0.717, 1.165) is 35.1 Å². The van der Waals surface area contributed by atoms with Crippen LogP contribution in [0.2, 0.25) is 0 Å². The lowest BCUT2D eigenvalue weighted by Gasteiger charge is -2.27. The van der Waals surface area contributed by atoms with Gasteiger partial charge in [0.2, 0.25) is 0 Å². The normalized spacial score (nSPS) is 13.2. The fourth-order valence-corrected chi connectivity index (χ4v) is 3.42. The van der Waals surface area contributed by atoms with Crippen LogP contribution in [0.1, 0.15) is 22.8 Å². The van der Waals surface area contributed by atoms with E-state index in [1.54, 1.807) is 0 Å². The van der Waals surface area contributed by atoms with Crippen LogP contribution in [0, 0.1) is 0 Å². The number of carbonyl (C=O) groups excluding carboxylic acids is 1. The zero-order valence-electron chi connectivity index (χ0n) is 13.8. The van der Waals surface area contributed by atoms with Crippen molar-refractivity contribution >= 4 is 22.4 Å². The topological polar surface area (TPSA) is 23.6 Å². The number of nitrogens with zero attached hydrogens (tertiary/aromatic N) is 2. The molecule has 0 N–H and O–H groups in total. The predicted molar refractivity (Wildman–Crippen MR) is 98.2 cm³/mol. The highest BCUT2D eigenvalue weighted by Crippen LogP contribution is 2.37. The van der Waals surface area contributed by atoms with Gasteiger partial charge >= 0.3 is 0 Å². The maximum Gasteiger partial charge on any atom is 0.260 e. The highest BCUT2D eigenvalue weighted by atomic mass is 16.2. The molecule has 1 aliphatic heterocycles. The zero-order chi connectivity index (χ0) is 16.5. The quantitative estimate of drug-likeness (QED) is 0.701. The number of hydrogen-bond donors (Lipinski definition) is 0. The fourth-order valence-electron chi connectivity index (χ4n) is 3.42. The molecule has 0 bridgehead atoms. The minimum Gasteiger partial charge on any atom is -0.294 e. The molecule has 0 saturated heterocycles. The molecule has 3 aromatic carbocycles. The summed E-state index contributed by atoms with van der Waals surface area (Å²) in [5.74, 6) is 0.105. The summed E-state index contributed by atoms with van der Waals surface area (Å²) < 4.78 is 0. The number of anilines is 1. The van der Waals surface area contributed by atoms with Crippen molar-refractivity contribution in [1.82, 2.24) is 4.90 Å². The van der Waals surface area contributed by atoms with Gasteiger partial charge in [0.05, 0.1) is 12.4 Å². The summed E-state index contributed by atoms with van der Waals surface area (Å²) in [4.78, 5) is 17.1. The third-order valence-corrected chi connectivity index (χ3v) is 4.69. The molecule has 3 heteroatoms. The molecule has 0 radical (unpaired) electrons. The van der Waals surface area contributed by atoms with E-state index in [4.69, 9.17) is 0 Å². The van der Waals surface area contributed by atoms with Gasteiger partial charge in [-0.25, -0.2) is 0 Å². The highest BCUT2D eigenvalue weighted by molar-refractivity contribution is 6.24. The molecule has 120 valence electrons. The van der Waals surface area contributed by atoms with Crippen molar-refractivity contribution in [2.24, 2.45) is 0 Å². The minimum atomic E-state index is 0.105. The van der Waals surface area contributed by atoms with Crippen LogP contribution in [0.5, 0.6) is 0 Å². The molecule has 1 aliphatic rings. The van der Waals surface area contributed by atoms with E-state index >= 15 is 0 Å². The second-order valence-corrected chi connectivity index (χ2v) is 6.19. The number of amides is 1. The predicted octanol–water partition coefficient (Wildman–Crippen LogP) is 4.28. The van der Waals surface area contributed by atoms with E-state index in [2.05, 4.69) is 48.2 Å². The van der Waals surface area contributed by atoms with Crippen molar-refractivity contribution in [2.75, 3.05) is 18.1 Å². The van der Waals surface area contributed by atoms with Crippen LogP contribution in [-0.4, -0.2) is 24.0 Å². The van der Waals surface area contributed by atoms with Crippen molar-refractivity contribution in [3.05, 3.63) is 77.9 Å². The van der Waals surface area contributed by atoms with Gasteiger partial charge in [-0.05, 0) is 29.6 Å². The van der Waals surface area contributed by atoms with E-state index < -0.39 is 0 Å². The fraction of sp³-hybridized carbons (Fsp3) is 0.190. The second-order valence-electron chi connectivity index (χ2n) is 6.19. The number of rotatable bonds is 5. The first-order valence-electron chi connectivity index (χ1n) is 8.38. The largest absolute Gasteiger partial charge is 0.294 e. The lowest BCUT2D eigenvalue weighted by molar-refractivity contribution is 0.0973. The molecular formula is C21H20N2O. The molecule has 0 aliphatic carbocycles. The summed E-state index contributed by atoms with van der Waals surface area (Å²) in [5.41, 5.74) is 3.11. The van der Waals surface area contributed by atoms with Crippen LogP contribution in [0.3, 0.4) is 0 Å². The summed E-state index contributed by atoms with van der Waals surface area (Å²) >= 11 is 0. The molecule has 0 saturated carbocycles. The van der Waals surface area contributed by atoms with E-state index in [-0.39, 0.29) is 5.91 Å². The van der Waals surface area contributed by atoms with Gasteiger partial charge < -0.3 is 0 Å². The molecule has 3 aromatic rings. The van der Waals surface area contributed by atoms with Gasteiger partial charge in [-0.2, -0.15) is 0 Å². The van der Waals surface area contributed by atoms with Crippen LogP contribution in [0.15, 0.2) is 66.7 Å². The van der Waals surface area contributed by atoms with Crippen LogP contribution in [-0.2, 0) is 6.54 Å². The molecule has 0 fully saturated rings. The van der Waals surface area contributed by atoms with E-state index in [1.807, 2.05) is 35.2 Å². The molecule has 0 aromatic heterocycles. The van der Waals surface area contributed by atoms with Gasteiger partial charge in [0.15, 0.2) is 0 Å². The molecule has 0 atom stereocenters. The molecule has 0 spiro atoms. The first-order valence-corrected chi connectivity index (χ1v) is 8.38. The highest BCUT2D eigenvalue weighted by Gasteiger charge is 2.30. The van der Waals surface area contributed by atoms with Gasteiger partial charge in [-0.3, -0.25) is 14.6 Å². The Morgan fingerprint density at radius 3 is 2.42 bits per heavy atom. The summed E-state index contributed by atoms with van der Waals surface area (Å²) in [6, 6.07) is 22.5. The second kappa shape index (κ2) is 6.10. The van der Waals surface area contributed by atoms with Gasteiger partial charge in [0.1, 0.15) is 0 Å². The number of hydrogen-bond acceptors (Lipinski definition) is 2. The minimum absolute atomic E-state index is 0.105. The Morgan fingerprint density at radius 1 is 0.917 bits per heavy atom. The summed E-state index contributed by atoms with van der Waals surface area (Å²) in [6.45, 7) is 4.48. The SMILES string of the molecule is CCN(Cc1ccccc1)CN1C(=O)c2cccc3cccc1c23. The first-order chi connectivity index (χ1) is 11.8. The van der Waals surface area contributed by atoms with Crippen LogP contribution in [0.4, 0.5) is 5.69 Å². The van der Waals surface area contributed by atoms with Gasteiger partial charge in [0.25, 0.3) is 5.91 Å². The van der Waals surface area contributed by atoms with Crippen LogP contribution in [0.25, 0.3) is 10.8 Å². The Labute approximate surface area is 142 Å². The van der Waals surface area contributed by atoms with Gasteiger partial charge in [-0.15, -0.1) is 0 Å². The number of carbonyl (C=O) groups is 1. The molecule has 1 heterocycles. The first kappa shape index (κ1) is 14.9. The summed E-state index contributed by atoms with van der Waals surface area (Å²) in [5, 5.41) is 2.22. The molecule has 4 rings (SSSR count). The standard InChI is InChI=1S/C21H20N2O/c1-2-22(14-16-8-4-3-5-9-16)15-23-19-13-7-11-17-10-6-12-18(20(17)19)21(23)24/h3-13H,2,14-15H2,1H3. The van der Waals surface area contributed by atoms with Crippen LogP contribution < -0.4 is 4.90 Å². The lowest BCUT2D eigenvalue weighted by Crippen LogP contribution is -2.39. The van der Waals surface area contributed by atoms with Gasteiger partial charge in [0, 0.05) is 17.5 Å². The maximum atomic E-state index is 12.9. The maximum absolute atomic E-state index is 12.9. The molecular weight excluding hydrogens is 296 g/mol. The van der Waals surface area contributed by atoms with Crippen molar-refractivity contribution < 1.29 is 4.79 Å². The summed E-state index contributed by atoms with van der Waals surface area (Å²) in [6.07, 6.45) is 0. The Bertz CT molecular complexity index is 883. The van der Waals surface area contributed by atoms with Crippen LogP contribution >= 0.6 is 0 Å². The van der Waals surface area contributed by atoms with E-state index in [1.165, 1.54) is 5.56 Å². The molecule has 0 unspecified atom stereocenters. The summed E-state index contributed by atoms with van der Waals surface area (Å²) in [7, 11) is 0. The number of benzene rings is 3. The van der Waals surface area contributed by atoms with Crippen molar-refractivity contribution in [1.29, 1.82) is 0 Å². The monoisotopic (exact) mass is 316 g/mol. The average molecular weight is 316 g/mol. The van der Waals surface area contributed by atoms with Crippen molar-refractivity contribution in [2.45, 2.75) is 13.5 Å². The van der Waals surface area contributed by atoms with E-state index in [9.17, 15) is 4.79 Å². The third kappa shape index (κ3) is 2.47. The average Bonchev–Trinajstić information content (AvgIpc) is 2.90. The third-order valence-electron chi connectivity index (χ3n) is 4.69. The Kier molecular flexibility index (Phi) is 3.79. The molecule has 1 amide bonds. The zero-order valence-corrected chi connectivity index (χ0v) is 13.8. The van der Waals surface area contributed by atoms with Crippen molar-refractivity contribution in [3.8, 4) is 0 Å². The Hall–Kier alpha value is -2.65. The van der Waals surface area contributed by atoms with Crippen molar-refractivity contribution in [3.63, 3.8) is 0 Å². The Balaban J connectivity index is 1.63. The van der Waals surface area contributed by atoms with E-state index in [0.29, 0.717) is 6.67 Å². The lowest BCUT2D eigenvalue weighted by atomic mass is 10.1. The Morgan fingerprint density at radius 2 is 1.67 bits per heavy atom. The molecule has 24 heavy (non-hydrogen) atoms. The molecule has 3 nitrogen and oxygen atoms in total. The smallest absolute Gasteiger partial charge is 0.260 e. The van der Waals surface area contributed by atoms with Gasteiger partial charge in [-0.1, -0.05) is 61.5 Å².